The Labute approximate surface area is 134 Å². The van der Waals surface area contributed by atoms with E-state index >= 15 is 0 Å². The first-order chi connectivity index (χ1) is 9.86. The van der Waals surface area contributed by atoms with Crippen LogP contribution in [0, 0.1) is 4.77 Å². The highest BCUT2D eigenvalue weighted by atomic mass is 32.2. The summed E-state index contributed by atoms with van der Waals surface area (Å²) in [6.45, 7) is 4.26. The molecular weight excluding hydrogens is 324 g/mol. The van der Waals surface area contributed by atoms with Gasteiger partial charge in [-0.2, -0.15) is 11.8 Å². The Morgan fingerprint density at radius 3 is 2.76 bits per heavy atom. The van der Waals surface area contributed by atoms with Gasteiger partial charge in [0.15, 0.2) is 14.6 Å². The van der Waals surface area contributed by atoms with Gasteiger partial charge >= 0.3 is 0 Å². The number of sulfone groups is 1. The second-order valence-electron chi connectivity index (χ2n) is 5.06. The number of imidazole rings is 1. The number of nitrogens with zero attached hydrogens (tertiary/aromatic N) is 1. The zero-order valence-electron chi connectivity index (χ0n) is 12.4. The predicted octanol–water partition coefficient (Wildman–Crippen LogP) is 3.81. The van der Waals surface area contributed by atoms with Crippen LogP contribution in [0.3, 0.4) is 0 Å². The van der Waals surface area contributed by atoms with Gasteiger partial charge in [-0.25, -0.2) is 8.42 Å². The molecule has 1 heterocycles. The van der Waals surface area contributed by atoms with E-state index in [1.807, 2.05) is 22.4 Å². The molecule has 1 atom stereocenters. The lowest BCUT2D eigenvalue weighted by atomic mass is 10.2. The van der Waals surface area contributed by atoms with Gasteiger partial charge in [-0.3, -0.25) is 0 Å². The van der Waals surface area contributed by atoms with Crippen molar-refractivity contribution in [2.24, 2.45) is 0 Å². The highest BCUT2D eigenvalue weighted by Gasteiger charge is 2.17. The summed E-state index contributed by atoms with van der Waals surface area (Å²) in [6, 6.07) is 5.54. The number of H-pyrrole nitrogens is 1. The lowest BCUT2D eigenvalue weighted by molar-refractivity contribution is 0.543. The maximum Gasteiger partial charge on any atom is 0.178 e. The van der Waals surface area contributed by atoms with Gasteiger partial charge in [-0.1, -0.05) is 13.0 Å². The third-order valence-corrected chi connectivity index (χ3v) is 5.81. The molecule has 0 amide bonds. The molecule has 0 aliphatic heterocycles. The van der Waals surface area contributed by atoms with Crippen LogP contribution in [-0.4, -0.2) is 35.7 Å². The number of aromatic nitrogens is 2. The van der Waals surface area contributed by atoms with Crippen LogP contribution in [0.2, 0.25) is 0 Å². The SMILES string of the molecule is CCSCCC(C)n1c(=S)[nH]c2c(S(C)(=O)=O)cccc21. The van der Waals surface area contributed by atoms with E-state index < -0.39 is 9.84 Å². The zero-order chi connectivity index (χ0) is 15.6. The number of para-hydroxylation sites is 1. The van der Waals surface area contributed by atoms with Gasteiger partial charge in [0.05, 0.1) is 15.9 Å². The van der Waals surface area contributed by atoms with E-state index in [1.165, 1.54) is 6.26 Å². The quantitative estimate of drug-likeness (QED) is 0.639. The Bertz CT molecular complexity index is 790. The molecule has 1 aromatic carbocycles. The van der Waals surface area contributed by atoms with Crippen molar-refractivity contribution in [1.82, 2.24) is 9.55 Å². The summed E-state index contributed by atoms with van der Waals surface area (Å²) in [4.78, 5) is 3.37. The van der Waals surface area contributed by atoms with Crippen LogP contribution in [-0.2, 0) is 9.84 Å². The zero-order valence-corrected chi connectivity index (χ0v) is 14.9. The molecule has 21 heavy (non-hydrogen) atoms. The maximum atomic E-state index is 11.9. The van der Waals surface area contributed by atoms with Crippen LogP contribution < -0.4 is 0 Å². The molecule has 0 fully saturated rings. The summed E-state index contributed by atoms with van der Waals surface area (Å²) in [6.07, 6.45) is 2.22. The molecule has 1 aromatic heterocycles. The average Bonchev–Trinajstić information content (AvgIpc) is 2.73. The molecule has 1 unspecified atom stereocenters. The molecule has 0 radical (unpaired) electrons. The summed E-state index contributed by atoms with van der Waals surface area (Å²) < 4.78 is 26.4. The van der Waals surface area contributed by atoms with Crippen molar-refractivity contribution in [2.45, 2.75) is 31.2 Å². The first-order valence-electron chi connectivity index (χ1n) is 6.87. The fourth-order valence-corrected chi connectivity index (χ4v) is 4.43. The number of benzene rings is 1. The number of hydrogen-bond acceptors (Lipinski definition) is 4. The van der Waals surface area contributed by atoms with E-state index in [4.69, 9.17) is 12.2 Å². The molecule has 0 aliphatic carbocycles. The topological polar surface area (TPSA) is 54.9 Å². The number of nitrogens with one attached hydrogen (secondary N) is 1. The van der Waals surface area contributed by atoms with Gasteiger partial charge in [-0.05, 0) is 49.2 Å². The number of aromatic amines is 1. The smallest absolute Gasteiger partial charge is 0.178 e. The van der Waals surface area contributed by atoms with E-state index in [0.29, 0.717) is 15.2 Å². The molecule has 0 saturated carbocycles. The Balaban J connectivity index is 2.52. The summed E-state index contributed by atoms with van der Waals surface area (Å²) in [5.74, 6) is 2.17. The van der Waals surface area contributed by atoms with Crippen LogP contribution in [0.4, 0.5) is 0 Å². The van der Waals surface area contributed by atoms with Crippen molar-refractivity contribution < 1.29 is 8.42 Å². The van der Waals surface area contributed by atoms with Gasteiger partial charge in [0.1, 0.15) is 0 Å². The molecule has 0 saturated heterocycles. The van der Waals surface area contributed by atoms with E-state index in [1.54, 1.807) is 12.1 Å². The molecule has 0 bridgehead atoms. The van der Waals surface area contributed by atoms with E-state index in [0.717, 1.165) is 23.4 Å². The first-order valence-corrected chi connectivity index (χ1v) is 10.3. The number of thioether (sulfide) groups is 1. The van der Waals surface area contributed by atoms with E-state index in [2.05, 4.69) is 18.8 Å². The Hall–Kier alpha value is -0.790. The van der Waals surface area contributed by atoms with Crippen LogP contribution in [0.1, 0.15) is 26.3 Å². The van der Waals surface area contributed by atoms with Crippen molar-refractivity contribution in [3.05, 3.63) is 23.0 Å². The van der Waals surface area contributed by atoms with Crippen LogP contribution in [0.15, 0.2) is 23.1 Å². The molecule has 0 aliphatic rings. The fraction of sp³-hybridized carbons (Fsp3) is 0.500. The standard InChI is InChI=1S/C14H20N2O2S3/c1-4-20-9-8-10(2)16-11-6-5-7-12(21(3,17)18)13(11)15-14(16)19/h5-7,10H,4,8-9H2,1-3H3,(H,15,19). The van der Waals surface area contributed by atoms with Crippen molar-refractivity contribution in [1.29, 1.82) is 0 Å². The van der Waals surface area contributed by atoms with Gasteiger partial charge in [0.25, 0.3) is 0 Å². The van der Waals surface area contributed by atoms with Gasteiger partial charge in [0.2, 0.25) is 0 Å². The molecule has 4 nitrogen and oxygen atoms in total. The summed E-state index contributed by atoms with van der Waals surface area (Å²) >= 11 is 7.30. The predicted molar refractivity (Wildman–Crippen MR) is 92.6 cm³/mol. The number of fused-ring (bicyclic) bond motifs is 1. The van der Waals surface area contributed by atoms with Crippen molar-refractivity contribution >= 4 is 44.9 Å². The Morgan fingerprint density at radius 2 is 2.14 bits per heavy atom. The third kappa shape index (κ3) is 3.52. The minimum atomic E-state index is -3.27. The highest BCUT2D eigenvalue weighted by molar-refractivity contribution is 7.99. The maximum absolute atomic E-state index is 11.9. The minimum absolute atomic E-state index is 0.236. The van der Waals surface area contributed by atoms with Crippen molar-refractivity contribution in [2.75, 3.05) is 17.8 Å². The average molecular weight is 345 g/mol. The number of rotatable bonds is 6. The van der Waals surface area contributed by atoms with Crippen molar-refractivity contribution in [3.63, 3.8) is 0 Å². The van der Waals surface area contributed by atoms with Crippen LogP contribution in [0.5, 0.6) is 0 Å². The van der Waals surface area contributed by atoms with Crippen LogP contribution >= 0.6 is 24.0 Å². The molecule has 7 heteroatoms. The van der Waals surface area contributed by atoms with E-state index in [9.17, 15) is 8.42 Å². The Kier molecular flexibility index (Phi) is 5.16. The monoisotopic (exact) mass is 344 g/mol. The molecule has 2 rings (SSSR count). The largest absolute Gasteiger partial charge is 0.329 e. The lowest BCUT2D eigenvalue weighted by Gasteiger charge is -2.14. The molecule has 116 valence electrons. The molecular formula is C14H20N2O2S3. The number of hydrogen-bond donors (Lipinski definition) is 1. The molecule has 0 spiro atoms. The van der Waals surface area contributed by atoms with Crippen molar-refractivity contribution in [3.8, 4) is 0 Å². The summed E-state index contributed by atoms with van der Waals surface area (Å²) in [5.41, 5.74) is 1.47. The highest BCUT2D eigenvalue weighted by Crippen LogP contribution is 2.26. The summed E-state index contributed by atoms with van der Waals surface area (Å²) in [7, 11) is -3.27. The Morgan fingerprint density at radius 1 is 1.43 bits per heavy atom. The second-order valence-corrected chi connectivity index (χ2v) is 8.82. The van der Waals surface area contributed by atoms with Gasteiger partial charge < -0.3 is 9.55 Å². The fourth-order valence-electron chi connectivity index (χ4n) is 2.40. The summed E-state index contributed by atoms with van der Waals surface area (Å²) in [5, 5.41) is 0. The van der Waals surface area contributed by atoms with E-state index in [-0.39, 0.29) is 6.04 Å². The molecule has 2 aromatic rings. The first kappa shape index (κ1) is 16.6. The lowest BCUT2D eigenvalue weighted by Crippen LogP contribution is -2.06. The molecule has 1 N–H and O–H groups in total. The van der Waals surface area contributed by atoms with Crippen LogP contribution in [0.25, 0.3) is 11.0 Å². The second kappa shape index (κ2) is 6.54. The van der Waals surface area contributed by atoms with Gasteiger partial charge in [0, 0.05) is 12.3 Å². The minimum Gasteiger partial charge on any atom is -0.329 e. The third-order valence-electron chi connectivity index (χ3n) is 3.44. The normalized spacial score (nSPS) is 13.7. The van der Waals surface area contributed by atoms with Gasteiger partial charge in [-0.15, -0.1) is 0 Å².